The standard InChI is InChI=1S/C10H13N5O4/c1-18-8-3-6(5-13-14-10(11)12)7(15(16)17)4-9(8)19-2/h3-5H,1-2H3,(H4,11,12,14). The summed E-state index contributed by atoms with van der Waals surface area (Å²) in [5.41, 5.74) is 10.2. The molecule has 0 aliphatic carbocycles. The normalized spacial score (nSPS) is 10.2. The van der Waals surface area contributed by atoms with Crippen LogP contribution in [0, 0.1) is 10.1 Å². The summed E-state index contributed by atoms with van der Waals surface area (Å²) < 4.78 is 10.0. The molecule has 1 aromatic rings. The number of nitro benzene ring substituents is 1. The molecule has 0 bridgehead atoms. The first-order chi connectivity index (χ1) is 8.99. The largest absolute Gasteiger partial charge is 0.493 e. The van der Waals surface area contributed by atoms with Crippen LogP contribution in [-0.2, 0) is 0 Å². The van der Waals surface area contributed by atoms with E-state index in [4.69, 9.17) is 20.9 Å². The molecule has 0 saturated heterocycles. The number of nitrogens with zero attached hydrogens (tertiary/aromatic N) is 3. The van der Waals surface area contributed by atoms with E-state index in [0.29, 0.717) is 5.75 Å². The van der Waals surface area contributed by atoms with Crippen LogP contribution in [0.3, 0.4) is 0 Å². The van der Waals surface area contributed by atoms with Gasteiger partial charge in [0.15, 0.2) is 11.5 Å². The SMILES string of the molecule is COc1cc(C=NN=C(N)N)c([N+](=O)[O-])cc1OC. The third-order valence-corrected chi connectivity index (χ3v) is 2.10. The molecule has 0 aromatic heterocycles. The number of hydrogen-bond donors (Lipinski definition) is 2. The minimum absolute atomic E-state index is 0.188. The minimum atomic E-state index is -0.571. The Morgan fingerprint density at radius 3 is 2.37 bits per heavy atom. The molecule has 0 aliphatic rings. The molecule has 1 rings (SSSR count). The molecule has 4 N–H and O–H groups in total. The smallest absolute Gasteiger partial charge is 0.282 e. The highest BCUT2D eigenvalue weighted by Gasteiger charge is 2.18. The Kier molecular flexibility index (Phi) is 4.63. The molecule has 1 aromatic carbocycles. The molecule has 9 nitrogen and oxygen atoms in total. The molecule has 0 unspecified atom stereocenters. The lowest BCUT2D eigenvalue weighted by Gasteiger charge is -2.08. The van der Waals surface area contributed by atoms with Gasteiger partial charge >= 0.3 is 0 Å². The Morgan fingerprint density at radius 1 is 1.32 bits per heavy atom. The lowest BCUT2D eigenvalue weighted by molar-refractivity contribution is -0.385. The average Bonchev–Trinajstić information content (AvgIpc) is 2.37. The monoisotopic (exact) mass is 267 g/mol. The molecular formula is C10H13N5O4. The van der Waals surface area contributed by atoms with E-state index >= 15 is 0 Å². The van der Waals surface area contributed by atoms with Gasteiger partial charge in [-0.25, -0.2) is 0 Å². The Bertz CT molecular complexity index is 537. The highest BCUT2D eigenvalue weighted by molar-refractivity contribution is 5.87. The first-order valence-electron chi connectivity index (χ1n) is 5.02. The zero-order valence-electron chi connectivity index (χ0n) is 10.4. The van der Waals surface area contributed by atoms with Gasteiger partial charge in [0.05, 0.1) is 37.0 Å². The summed E-state index contributed by atoms with van der Waals surface area (Å²) in [5.74, 6) is 0.326. The van der Waals surface area contributed by atoms with E-state index in [0.717, 1.165) is 6.21 Å². The first kappa shape index (κ1) is 14.2. The van der Waals surface area contributed by atoms with Crippen molar-refractivity contribution in [3.05, 3.63) is 27.8 Å². The van der Waals surface area contributed by atoms with Gasteiger partial charge in [0.2, 0.25) is 5.96 Å². The van der Waals surface area contributed by atoms with Crippen LogP contribution in [0.2, 0.25) is 0 Å². The van der Waals surface area contributed by atoms with E-state index in [1.807, 2.05) is 0 Å². The topological polar surface area (TPSA) is 138 Å². The molecular weight excluding hydrogens is 254 g/mol. The second-order valence-corrected chi connectivity index (χ2v) is 3.29. The van der Waals surface area contributed by atoms with E-state index in [1.54, 1.807) is 0 Å². The molecule has 19 heavy (non-hydrogen) atoms. The summed E-state index contributed by atoms with van der Waals surface area (Å²) in [7, 11) is 2.80. The first-order valence-corrected chi connectivity index (χ1v) is 5.02. The van der Waals surface area contributed by atoms with Gasteiger partial charge in [0.1, 0.15) is 0 Å². The summed E-state index contributed by atoms with van der Waals surface area (Å²) in [5, 5.41) is 17.8. The summed E-state index contributed by atoms with van der Waals surface area (Å²) >= 11 is 0. The van der Waals surface area contributed by atoms with Crippen molar-refractivity contribution >= 4 is 17.9 Å². The van der Waals surface area contributed by atoms with Gasteiger partial charge in [-0.1, -0.05) is 0 Å². The molecule has 0 aliphatic heterocycles. The van der Waals surface area contributed by atoms with E-state index in [2.05, 4.69) is 10.2 Å². The highest BCUT2D eigenvalue weighted by Crippen LogP contribution is 2.33. The maximum absolute atomic E-state index is 10.9. The van der Waals surface area contributed by atoms with Crippen LogP contribution in [0.25, 0.3) is 0 Å². The highest BCUT2D eigenvalue weighted by atomic mass is 16.6. The Hall–Kier alpha value is -2.84. The number of benzene rings is 1. The number of methoxy groups -OCH3 is 2. The van der Waals surface area contributed by atoms with Crippen molar-refractivity contribution in [2.75, 3.05) is 14.2 Å². The number of ether oxygens (including phenoxy) is 2. The van der Waals surface area contributed by atoms with Gasteiger partial charge in [0.25, 0.3) is 5.69 Å². The van der Waals surface area contributed by atoms with Gasteiger partial charge in [-0.3, -0.25) is 10.1 Å². The molecule has 0 atom stereocenters. The molecule has 0 radical (unpaired) electrons. The zero-order valence-corrected chi connectivity index (χ0v) is 10.4. The Balaban J connectivity index is 3.31. The van der Waals surface area contributed by atoms with Crippen LogP contribution in [0.4, 0.5) is 5.69 Å². The summed E-state index contributed by atoms with van der Waals surface area (Å²) in [6, 6.07) is 2.64. The molecule has 0 saturated carbocycles. The van der Waals surface area contributed by atoms with Crippen LogP contribution >= 0.6 is 0 Å². The fourth-order valence-corrected chi connectivity index (χ4v) is 1.30. The van der Waals surface area contributed by atoms with Crippen molar-refractivity contribution in [3.8, 4) is 11.5 Å². The summed E-state index contributed by atoms with van der Waals surface area (Å²) in [6.45, 7) is 0. The van der Waals surface area contributed by atoms with Gasteiger partial charge in [-0.05, 0) is 6.07 Å². The molecule has 0 spiro atoms. The summed E-state index contributed by atoms with van der Waals surface area (Å²) in [6.07, 6.45) is 1.15. The maximum atomic E-state index is 10.9. The van der Waals surface area contributed by atoms with E-state index < -0.39 is 4.92 Å². The van der Waals surface area contributed by atoms with E-state index in [1.165, 1.54) is 26.4 Å². The zero-order chi connectivity index (χ0) is 14.4. The van der Waals surface area contributed by atoms with Crippen LogP contribution in [0.5, 0.6) is 11.5 Å². The summed E-state index contributed by atoms with van der Waals surface area (Å²) in [4.78, 5) is 10.4. The fourth-order valence-electron chi connectivity index (χ4n) is 1.30. The molecule has 9 heteroatoms. The lowest BCUT2D eigenvalue weighted by atomic mass is 10.1. The predicted molar refractivity (Wildman–Crippen MR) is 69.6 cm³/mol. The molecule has 102 valence electrons. The molecule has 0 amide bonds. The number of rotatable bonds is 5. The molecule has 0 fully saturated rings. The van der Waals surface area contributed by atoms with Crippen molar-refractivity contribution in [1.82, 2.24) is 0 Å². The van der Waals surface area contributed by atoms with Crippen molar-refractivity contribution < 1.29 is 14.4 Å². The van der Waals surface area contributed by atoms with Gasteiger partial charge in [-0.2, -0.15) is 5.10 Å². The number of nitrogens with two attached hydrogens (primary N) is 2. The van der Waals surface area contributed by atoms with Crippen molar-refractivity contribution in [2.45, 2.75) is 0 Å². The number of hydrogen-bond acceptors (Lipinski definition) is 6. The minimum Gasteiger partial charge on any atom is -0.493 e. The second-order valence-electron chi connectivity index (χ2n) is 3.29. The van der Waals surface area contributed by atoms with Crippen LogP contribution < -0.4 is 20.9 Å². The average molecular weight is 267 g/mol. The Labute approximate surface area is 108 Å². The van der Waals surface area contributed by atoms with Crippen molar-refractivity contribution in [3.63, 3.8) is 0 Å². The van der Waals surface area contributed by atoms with E-state index in [9.17, 15) is 10.1 Å². The lowest BCUT2D eigenvalue weighted by Crippen LogP contribution is -2.21. The quantitative estimate of drug-likeness (QED) is 0.338. The van der Waals surface area contributed by atoms with Gasteiger partial charge in [-0.15, -0.1) is 5.10 Å². The third-order valence-electron chi connectivity index (χ3n) is 2.10. The van der Waals surface area contributed by atoms with Gasteiger partial charge < -0.3 is 20.9 Å². The Morgan fingerprint density at radius 2 is 1.89 bits per heavy atom. The fraction of sp³-hybridized carbons (Fsp3) is 0.200. The maximum Gasteiger partial charge on any atom is 0.282 e. The van der Waals surface area contributed by atoms with Crippen molar-refractivity contribution in [1.29, 1.82) is 0 Å². The van der Waals surface area contributed by atoms with E-state index in [-0.39, 0.29) is 23.0 Å². The second kappa shape index (κ2) is 6.19. The van der Waals surface area contributed by atoms with Crippen molar-refractivity contribution in [2.24, 2.45) is 21.7 Å². The number of nitro groups is 1. The third kappa shape index (κ3) is 3.56. The predicted octanol–water partition coefficient (Wildman–Crippen LogP) is 0.219. The van der Waals surface area contributed by atoms with Gasteiger partial charge in [0, 0.05) is 0 Å². The van der Waals surface area contributed by atoms with Crippen LogP contribution in [0.1, 0.15) is 5.56 Å². The van der Waals surface area contributed by atoms with Crippen LogP contribution in [-0.4, -0.2) is 31.3 Å². The molecule has 0 heterocycles. The number of guanidine groups is 1. The van der Waals surface area contributed by atoms with Crippen LogP contribution in [0.15, 0.2) is 22.3 Å².